The van der Waals surface area contributed by atoms with Gasteiger partial charge in [0, 0.05) is 0 Å². The average molecular weight is 204 g/mol. The maximum atomic E-state index is 12.1. The van der Waals surface area contributed by atoms with Crippen LogP contribution in [0.15, 0.2) is 6.07 Å². The molecule has 0 radical (unpaired) electrons. The normalized spacial score (nSPS) is 9.33. The maximum absolute atomic E-state index is 12.1. The van der Waals surface area contributed by atoms with Crippen molar-refractivity contribution in [3.63, 3.8) is 0 Å². The number of halogens is 4. The van der Waals surface area contributed by atoms with Crippen LogP contribution in [0.25, 0.3) is 0 Å². The van der Waals surface area contributed by atoms with E-state index < -0.39 is 29.0 Å². The largest absolute Gasteiger partial charge is 1.00 e. The Kier molecular flexibility index (Phi) is 4.71. The molecule has 12 heavy (non-hydrogen) atoms. The van der Waals surface area contributed by atoms with Crippen LogP contribution in [0, 0.1) is 23.3 Å². The maximum Gasteiger partial charge on any atom is 1.00 e. The molecule has 0 aliphatic rings. The van der Waals surface area contributed by atoms with E-state index in [1.165, 1.54) is 0 Å². The van der Waals surface area contributed by atoms with E-state index in [4.69, 9.17) is 0 Å². The molecular formula is C6HF4KO. The van der Waals surface area contributed by atoms with Gasteiger partial charge in [-0.3, -0.25) is 0 Å². The molecule has 0 atom stereocenters. The summed E-state index contributed by atoms with van der Waals surface area (Å²) in [7, 11) is 0. The number of hydrogen-bond donors (Lipinski definition) is 0. The van der Waals surface area contributed by atoms with Crippen molar-refractivity contribution in [3.05, 3.63) is 29.3 Å². The second kappa shape index (κ2) is 4.57. The Morgan fingerprint density at radius 2 is 1.42 bits per heavy atom. The van der Waals surface area contributed by atoms with E-state index in [1.807, 2.05) is 0 Å². The van der Waals surface area contributed by atoms with E-state index in [1.54, 1.807) is 0 Å². The van der Waals surface area contributed by atoms with Crippen molar-refractivity contribution in [2.24, 2.45) is 0 Å². The summed E-state index contributed by atoms with van der Waals surface area (Å²) in [6.45, 7) is 0. The zero-order valence-electron chi connectivity index (χ0n) is 6.00. The molecule has 0 unspecified atom stereocenters. The summed E-state index contributed by atoms with van der Waals surface area (Å²) in [6.07, 6.45) is 0. The molecule has 0 aliphatic carbocycles. The van der Waals surface area contributed by atoms with Gasteiger partial charge in [0.2, 0.25) is 0 Å². The van der Waals surface area contributed by atoms with Crippen LogP contribution < -0.4 is 56.5 Å². The van der Waals surface area contributed by atoms with Gasteiger partial charge in [-0.25, -0.2) is 17.6 Å². The van der Waals surface area contributed by atoms with Gasteiger partial charge in [0.05, 0.1) is 0 Å². The number of rotatable bonds is 0. The summed E-state index contributed by atoms with van der Waals surface area (Å²) in [5, 5.41) is 10.2. The summed E-state index contributed by atoms with van der Waals surface area (Å²) in [6, 6.07) is 0.0494. The molecule has 1 aromatic carbocycles. The van der Waals surface area contributed by atoms with Crippen molar-refractivity contribution in [1.29, 1.82) is 0 Å². The minimum Gasteiger partial charge on any atom is -0.870 e. The summed E-state index contributed by atoms with van der Waals surface area (Å²) in [5.74, 6) is -9.13. The van der Waals surface area contributed by atoms with Crippen molar-refractivity contribution in [1.82, 2.24) is 0 Å². The molecule has 0 fully saturated rings. The summed E-state index contributed by atoms with van der Waals surface area (Å²) in [5.41, 5.74) is 0. The molecule has 60 valence electrons. The van der Waals surface area contributed by atoms with Crippen LogP contribution in [-0.4, -0.2) is 0 Å². The third-order valence-electron chi connectivity index (χ3n) is 1.07. The van der Waals surface area contributed by atoms with Crippen molar-refractivity contribution in [2.75, 3.05) is 0 Å². The second-order valence-electron chi connectivity index (χ2n) is 1.80. The third-order valence-corrected chi connectivity index (χ3v) is 1.07. The fourth-order valence-electron chi connectivity index (χ4n) is 0.551. The SMILES string of the molecule is [K+].[O-]c1cc(F)c(F)c(F)c1F. The predicted octanol–water partition coefficient (Wildman–Crippen LogP) is -1.68. The van der Waals surface area contributed by atoms with E-state index in [2.05, 4.69) is 0 Å². The fraction of sp³-hybridized carbons (Fsp3) is 0. The zero-order chi connectivity index (χ0) is 8.59. The molecule has 0 saturated carbocycles. The predicted molar refractivity (Wildman–Crippen MR) is 25.7 cm³/mol. The van der Waals surface area contributed by atoms with Gasteiger partial charge in [-0.05, 0) is 6.07 Å². The van der Waals surface area contributed by atoms with E-state index in [0.717, 1.165) is 0 Å². The monoisotopic (exact) mass is 204 g/mol. The van der Waals surface area contributed by atoms with E-state index in [-0.39, 0.29) is 57.5 Å². The van der Waals surface area contributed by atoms with Crippen LogP contribution in [0.3, 0.4) is 0 Å². The summed E-state index contributed by atoms with van der Waals surface area (Å²) >= 11 is 0. The van der Waals surface area contributed by atoms with E-state index >= 15 is 0 Å². The van der Waals surface area contributed by atoms with Crippen molar-refractivity contribution < 1.29 is 74.1 Å². The molecule has 1 rings (SSSR count). The number of benzene rings is 1. The molecule has 0 N–H and O–H groups in total. The molecule has 0 bridgehead atoms. The Bertz CT molecular complexity index is 276. The quantitative estimate of drug-likeness (QED) is 0.214. The second-order valence-corrected chi connectivity index (χ2v) is 1.80. The Hall–Kier alpha value is 0.376. The topological polar surface area (TPSA) is 23.1 Å². The van der Waals surface area contributed by atoms with E-state index in [0.29, 0.717) is 0 Å². The van der Waals surface area contributed by atoms with Crippen LogP contribution in [0.1, 0.15) is 0 Å². The molecule has 0 aliphatic heterocycles. The third kappa shape index (κ3) is 2.20. The summed E-state index contributed by atoms with van der Waals surface area (Å²) in [4.78, 5) is 0. The molecular weight excluding hydrogens is 203 g/mol. The summed E-state index contributed by atoms with van der Waals surface area (Å²) < 4.78 is 48.2. The molecule has 0 heterocycles. The van der Waals surface area contributed by atoms with Crippen molar-refractivity contribution in [2.45, 2.75) is 0 Å². The Balaban J connectivity index is 0.00000121. The van der Waals surface area contributed by atoms with Crippen LogP contribution >= 0.6 is 0 Å². The molecule has 1 nitrogen and oxygen atoms in total. The molecule has 0 amide bonds. The number of hydrogen-bond acceptors (Lipinski definition) is 1. The molecule has 6 heteroatoms. The van der Waals surface area contributed by atoms with Crippen LogP contribution in [-0.2, 0) is 0 Å². The van der Waals surface area contributed by atoms with Gasteiger partial charge < -0.3 is 5.11 Å². The van der Waals surface area contributed by atoms with Gasteiger partial charge in [0.1, 0.15) is 0 Å². The minimum absolute atomic E-state index is 0. The van der Waals surface area contributed by atoms with Crippen LogP contribution in [0.4, 0.5) is 17.6 Å². The first-order valence-corrected chi connectivity index (χ1v) is 2.54. The first-order valence-electron chi connectivity index (χ1n) is 2.54. The van der Waals surface area contributed by atoms with Crippen molar-refractivity contribution >= 4 is 0 Å². The molecule has 0 aromatic heterocycles. The van der Waals surface area contributed by atoms with Gasteiger partial charge in [-0.1, -0.05) is 5.75 Å². The smallest absolute Gasteiger partial charge is 0.870 e. The first kappa shape index (κ1) is 12.4. The average Bonchev–Trinajstić information content (AvgIpc) is 1.97. The van der Waals surface area contributed by atoms with Gasteiger partial charge in [0.25, 0.3) is 0 Å². The Morgan fingerprint density at radius 3 is 1.92 bits per heavy atom. The van der Waals surface area contributed by atoms with Gasteiger partial charge in [-0.15, -0.1) is 0 Å². The standard InChI is InChI=1S/C6H2F4O.K/c7-2-1-3(11)5(9)6(10)4(2)8;/h1,11H;/q;+1/p-1. The van der Waals surface area contributed by atoms with Crippen LogP contribution in [0.5, 0.6) is 5.75 Å². The van der Waals surface area contributed by atoms with Gasteiger partial charge in [0.15, 0.2) is 23.3 Å². The van der Waals surface area contributed by atoms with E-state index in [9.17, 15) is 22.7 Å². The fourth-order valence-corrected chi connectivity index (χ4v) is 0.551. The molecule has 0 spiro atoms. The molecule has 0 saturated heterocycles. The zero-order valence-corrected chi connectivity index (χ0v) is 9.12. The first-order chi connectivity index (χ1) is 5.04. The van der Waals surface area contributed by atoms with Crippen molar-refractivity contribution in [3.8, 4) is 5.75 Å². The minimum atomic E-state index is -2.07. The Morgan fingerprint density at radius 1 is 0.917 bits per heavy atom. The van der Waals surface area contributed by atoms with Gasteiger partial charge >= 0.3 is 51.4 Å². The Labute approximate surface area is 108 Å². The van der Waals surface area contributed by atoms with Crippen LogP contribution in [0.2, 0.25) is 0 Å². The van der Waals surface area contributed by atoms with Gasteiger partial charge in [-0.2, -0.15) is 0 Å². The molecule has 1 aromatic rings.